The van der Waals surface area contributed by atoms with E-state index in [1.165, 1.54) is 44.2 Å². The summed E-state index contributed by atoms with van der Waals surface area (Å²) in [5.74, 6) is 3.37. The van der Waals surface area contributed by atoms with Crippen LogP contribution >= 0.6 is 0 Å². The number of nitrogens with zero attached hydrogens (tertiary/aromatic N) is 1. The van der Waals surface area contributed by atoms with Crippen molar-refractivity contribution in [2.75, 3.05) is 6.54 Å². The molecule has 0 aromatic heterocycles. The first-order chi connectivity index (χ1) is 11.7. The number of carbonyl (C=O) groups excluding carboxylic acids is 1. The molecule has 6 rings (SSSR count). The summed E-state index contributed by atoms with van der Waals surface area (Å²) in [6.07, 6.45) is 9.62. The number of amides is 1. The fourth-order valence-electron chi connectivity index (χ4n) is 6.22. The van der Waals surface area contributed by atoms with Crippen LogP contribution in [0, 0.1) is 29.5 Å². The van der Waals surface area contributed by atoms with Gasteiger partial charge >= 0.3 is 0 Å². The number of likely N-dealkylation sites (tertiary alicyclic amines) is 1. The highest BCUT2D eigenvalue weighted by Crippen LogP contribution is 2.55. The van der Waals surface area contributed by atoms with Crippen molar-refractivity contribution in [3.63, 3.8) is 0 Å². The predicted molar refractivity (Wildman–Crippen MR) is 91.5 cm³/mol. The second kappa shape index (κ2) is 5.44. The Bertz CT molecular complexity index is 664. The Morgan fingerprint density at radius 3 is 2.21 bits per heavy atom. The molecule has 24 heavy (non-hydrogen) atoms. The molecule has 0 radical (unpaired) electrons. The molecule has 0 atom stereocenters. The molecular weight excluding hydrogens is 301 g/mol. The summed E-state index contributed by atoms with van der Waals surface area (Å²) in [5, 5.41) is 0. The molecule has 1 aromatic rings. The van der Waals surface area contributed by atoms with Crippen LogP contribution < -0.4 is 0 Å². The van der Waals surface area contributed by atoms with E-state index < -0.39 is 0 Å². The van der Waals surface area contributed by atoms with Crippen LogP contribution in [0.25, 0.3) is 6.08 Å². The molecule has 4 saturated carbocycles. The molecule has 0 unspecified atom stereocenters. The monoisotopic (exact) mass is 325 g/mol. The minimum Gasteiger partial charge on any atom is -0.335 e. The van der Waals surface area contributed by atoms with E-state index >= 15 is 0 Å². The maximum absolute atomic E-state index is 13.1. The highest BCUT2D eigenvalue weighted by molar-refractivity contribution is 6.00. The third-order valence-electron chi connectivity index (χ3n) is 6.91. The van der Waals surface area contributed by atoms with Gasteiger partial charge in [0.05, 0.1) is 0 Å². The Kier molecular flexibility index (Phi) is 3.33. The summed E-state index contributed by atoms with van der Waals surface area (Å²) in [7, 11) is 0. The molecule has 126 valence electrons. The summed E-state index contributed by atoms with van der Waals surface area (Å²) in [6.45, 7) is 0.874. The van der Waals surface area contributed by atoms with Crippen molar-refractivity contribution in [3.8, 4) is 0 Å². The lowest BCUT2D eigenvalue weighted by Crippen LogP contribution is -2.56. The summed E-state index contributed by atoms with van der Waals surface area (Å²) in [5.41, 5.74) is 1.82. The third-order valence-corrected chi connectivity index (χ3v) is 6.91. The Balaban J connectivity index is 1.37. The van der Waals surface area contributed by atoms with E-state index in [0.717, 1.165) is 47.8 Å². The predicted octanol–water partition coefficient (Wildman–Crippen LogP) is 4.27. The van der Waals surface area contributed by atoms with Gasteiger partial charge in [-0.2, -0.15) is 0 Å². The van der Waals surface area contributed by atoms with Crippen LogP contribution in [-0.4, -0.2) is 23.4 Å². The molecule has 3 heteroatoms. The van der Waals surface area contributed by atoms with Crippen molar-refractivity contribution < 1.29 is 9.18 Å². The van der Waals surface area contributed by atoms with Crippen LogP contribution in [0.15, 0.2) is 29.8 Å². The topological polar surface area (TPSA) is 20.3 Å². The van der Waals surface area contributed by atoms with E-state index in [0.29, 0.717) is 6.04 Å². The van der Waals surface area contributed by atoms with Gasteiger partial charge in [0.1, 0.15) is 5.82 Å². The molecule has 4 bridgehead atoms. The molecule has 5 fully saturated rings. The van der Waals surface area contributed by atoms with Crippen LogP contribution in [0.4, 0.5) is 4.39 Å². The molecule has 1 heterocycles. The Hall–Kier alpha value is -1.64. The van der Waals surface area contributed by atoms with Gasteiger partial charge < -0.3 is 4.90 Å². The number of carbonyl (C=O) groups is 1. The lowest BCUT2D eigenvalue weighted by molar-refractivity contribution is -0.136. The summed E-state index contributed by atoms with van der Waals surface area (Å²) >= 11 is 0. The van der Waals surface area contributed by atoms with E-state index in [1.54, 1.807) is 12.1 Å². The lowest BCUT2D eigenvalue weighted by Gasteiger charge is -2.56. The van der Waals surface area contributed by atoms with Gasteiger partial charge in [-0.05, 0) is 86.0 Å². The van der Waals surface area contributed by atoms with Gasteiger partial charge in [0.15, 0.2) is 0 Å². The average molecular weight is 325 g/mol. The fourth-order valence-corrected chi connectivity index (χ4v) is 6.22. The quantitative estimate of drug-likeness (QED) is 0.744. The molecule has 1 amide bonds. The SMILES string of the molecule is O=C1/C(=C/c2ccc(F)cc2)CCN1C1C2CC3CC(C2)CC1C3. The standard InChI is InChI=1S/C21H24FNO/c22-19-3-1-13(2-4-19)8-16-5-6-23(21(16)24)20-17-9-14-7-15(11-17)12-18(20)10-14/h1-4,8,14-15,17-18,20H,5-7,9-12H2/b16-8+. The van der Waals surface area contributed by atoms with Gasteiger partial charge in [-0.15, -0.1) is 0 Å². The zero-order valence-electron chi connectivity index (χ0n) is 14.0. The van der Waals surface area contributed by atoms with Gasteiger partial charge in [0, 0.05) is 18.2 Å². The van der Waals surface area contributed by atoms with Crippen molar-refractivity contribution in [2.45, 2.75) is 44.6 Å². The number of hydrogen-bond donors (Lipinski definition) is 0. The molecule has 1 saturated heterocycles. The van der Waals surface area contributed by atoms with Crippen molar-refractivity contribution in [1.29, 1.82) is 0 Å². The van der Waals surface area contributed by atoms with Gasteiger partial charge in [-0.1, -0.05) is 12.1 Å². The van der Waals surface area contributed by atoms with E-state index in [2.05, 4.69) is 4.90 Å². The zero-order valence-corrected chi connectivity index (χ0v) is 14.0. The van der Waals surface area contributed by atoms with Gasteiger partial charge in [0.2, 0.25) is 5.91 Å². The van der Waals surface area contributed by atoms with Gasteiger partial charge in [-0.25, -0.2) is 4.39 Å². The average Bonchev–Trinajstić information content (AvgIpc) is 2.90. The fraction of sp³-hybridized carbons (Fsp3) is 0.571. The van der Waals surface area contributed by atoms with E-state index in [-0.39, 0.29) is 11.7 Å². The Morgan fingerprint density at radius 1 is 0.958 bits per heavy atom. The first-order valence-corrected chi connectivity index (χ1v) is 9.44. The number of hydrogen-bond acceptors (Lipinski definition) is 1. The summed E-state index contributed by atoms with van der Waals surface area (Å²) in [4.78, 5) is 15.2. The first kappa shape index (κ1) is 14.7. The molecular formula is C21H24FNO. The Morgan fingerprint density at radius 2 is 1.58 bits per heavy atom. The second-order valence-electron chi connectivity index (χ2n) is 8.39. The lowest BCUT2D eigenvalue weighted by atomic mass is 9.54. The normalized spacial score (nSPS) is 39.2. The minimum atomic E-state index is -0.231. The molecule has 1 aliphatic heterocycles. The highest BCUT2D eigenvalue weighted by atomic mass is 19.1. The van der Waals surface area contributed by atoms with Crippen molar-refractivity contribution in [1.82, 2.24) is 4.90 Å². The molecule has 1 aromatic carbocycles. The van der Waals surface area contributed by atoms with Crippen molar-refractivity contribution in [3.05, 3.63) is 41.2 Å². The molecule has 0 N–H and O–H groups in total. The van der Waals surface area contributed by atoms with Crippen LogP contribution in [0.1, 0.15) is 44.1 Å². The zero-order chi connectivity index (χ0) is 16.3. The molecule has 5 aliphatic rings. The number of halogens is 1. The van der Waals surface area contributed by atoms with Crippen LogP contribution in [-0.2, 0) is 4.79 Å². The van der Waals surface area contributed by atoms with Crippen LogP contribution in [0.5, 0.6) is 0 Å². The first-order valence-electron chi connectivity index (χ1n) is 9.44. The maximum Gasteiger partial charge on any atom is 0.250 e. The second-order valence-corrected chi connectivity index (χ2v) is 8.39. The molecule has 2 nitrogen and oxygen atoms in total. The van der Waals surface area contributed by atoms with E-state index in [9.17, 15) is 9.18 Å². The highest BCUT2D eigenvalue weighted by Gasteiger charge is 2.51. The summed E-state index contributed by atoms with van der Waals surface area (Å²) < 4.78 is 13.1. The van der Waals surface area contributed by atoms with E-state index in [1.807, 2.05) is 6.08 Å². The molecule has 4 aliphatic carbocycles. The van der Waals surface area contributed by atoms with Crippen LogP contribution in [0.2, 0.25) is 0 Å². The Labute approximate surface area is 142 Å². The largest absolute Gasteiger partial charge is 0.335 e. The van der Waals surface area contributed by atoms with Gasteiger partial charge in [-0.3, -0.25) is 4.79 Å². The smallest absolute Gasteiger partial charge is 0.250 e. The van der Waals surface area contributed by atoms with Crippen molar-refractivity contribution in [2.24, 2.45) is 23.7 Å². The van der Waals surface area contributed by atoms with E-state index in [4.69, 9.17) is 0 Å². The molecule has 0 spiro atoms. The third kappa shape index (κ3) is 2.32. The number of rotatable bonds is 2. The van der Waals surface area contributed by atoms with Crippen molar-refractivity contribution >= 4 is 12.0 Å². The summed E-state index contributed by atoms with van der Waals surface area (Å²) in [6, 6.07) is 6.91. The minimum absolute atomic E-state index is 0.231. The maximum atomic E-state index is 13.1. The number of benzene rings is 1. The van der Waals surface area contributed by atoms with Crippen LogP contribution in [0.3, 0.4) is 0 Å². The van der Waals surface area contributed by atoms with Gasteiger partial charge in [0.25, 0.3) is 0 Å².